The predicted octanol–water partition coefficient (Wildman–Crippen LogP) is 5.15. The Balaban J connectivity index is 1.76. The lowest BCUT2D eigenvalue weighted by Crippen LogP contribution is -2.31. The third kappa shape index (κ3) is 5.22. The molecule has 0 saturated carbocycles. The lowest BCUT2D eigenvalue weighted by molar-refractivity contribution is -0.139. The van der Waals surface area contributed by atoms with E-state index in [9.17, 15) is 14.7 Å². The van der Waals surface area contributed by atoms with E-state index in [-0.39, 0.29) is 11.3 Å². The average molecular weight is 472 g/mol. The molecule has 0 aromatic heterocycles. The van der Waals surface area contributed by atoms with Crippen LogP contribution in [-0.2, 0) is 16.0 Å². The van der Waals surface area contributed by atoms with Gasteiger partial charge in [0, 0.05) is 12.1 Å². The summed E-state index contributed by atoms with van der Waals surface area (Å²) in [6, 6.07) is 23.2. The molecule has 1 aliphatic heterocycles. The highest BCUT2D eigenvalue weighted by atomic mass is 16.5. The van der Waals surface area contributed by atoms with Crippen molar-refractivity contribution < 1.29 is 24.2 Å². The highest BCUT2D eigenvalue weighted by molar-refractivity contribution is 6.46. The number of likely N-dealkylation sites (tertiary alicyclic amines) is 1. The first-order valence-electron chi connectivity index (χ1n) is 11.7. The molecule has 1 aliphatic rings. The van der Waals surface area contributed by atoms with E-state index in [1.54, 1.807) is 48.4 Å². The SMILES string of the molecule is CCCOc1cccc(/C(O)=C2\C(=O)C(=O)N(CCc3ccccc3)C2c2ccc(OC)cc2)c1. The molecule has 0 spiro atoms. The van der Waals surface area contributed by atoms with Crippen molar-refractivity contribution in [2.45, 2.75) is 25.8 Å². The molecule has 1 heterocycles. The minimum Gasteiger partial charge on any atom is -0.507 e. The van der Waals surface area contributed by atoms with E-state index in [4.69, 9.17) is 9.47 Å². The summed E-state index contributed by atoms with van der Waals surface area (Å²) >= 11 is 0. The Bertz CT molecular complexity index is 1220. The highest BCUT2D eigenvalue weighted by Crippen LogP contribution is 2.40. The number of nitrogens with zero attached hydrogens (tertiary/aromatic N) is 1. The number of rotatable bonds is 9. The van der Waals surface area contributed by atoms with Gasteiger partial charge in [0.15, 0.2) is 0 Å². The second kappa shape index (κ2) is 10.9. The number of methoxy groups -OCH3 is 1. The van der Waals surface area contributed by atoms with Crippen LogP contribution in [0.4, 0.5) is 0 Å². The normalized spacial score (nSPS) is 17.0. The largest absolute Gasteiger partial charge is 0.507 e. The van der Waals surface area contributed by atoms with Crippen molar-refractivity contribution in [1.29, 1.82) is 0 Å². The van der Waals surface area contributed by atoms with Gasteiger partial charge in [0.05, 0.1) is 25.3 Å². The van der Waals surface area contributed by atoms with Gasteiger partial charge in [0.25, 0.3) is 11.7 Å². The maximum Gasteiger partial charge on any atom is 0.295 e. The lowest BCUT2D eigenvalue weighted by atomic mass is 9.95. The van der Waals surface area contributed by atoms with Crippen molar-refractivity contribution in [1.82, 2.24) is 4.90 Å². The zero-order valence-corrected chi connectivity index (χ0v) is 19.9. The average Bonchev–Trinajstić information content (AvgIpc) is 3.16. The van der Waals surface area contributed by atoms with Crippen molar-refractivity contribution in [2.24, 2.45) is 0 Å². The number of benzene rings is 3. The fourth-order valence-electron chi connectivity index (χ4n) is 4.25. The summed E-state index contributed by atoms with van der Waals surface area (Å²) in [6.07, 6.45) is 1.43. The smallest absolute Gasteiger partial charge is 0.295 e. The summed E-state index contributed by atoms with van der Waals surface area (Å²) < 4.78 is 11.0. The molecule has 1 unspecified atom stereocenters. The van der Waals surface area contributed by atoms with Crippen LogP contribution < -0.4 is 9.47 Å². The molecule has 6 heteroatoms. The summed E-state index contributed by atoms with van der Waals surface area (Å²) in [5.41, 5.74) is 2.28. The molecular weight excluding hydrogens is 442 g/mol. The van der Waals surface area contributed by atoms with Crippen LogP contribution in [0.15, 0.2) is 84.4 Å². The minimum atomic E-state index is -0.718. The lowest BCUT2D eigenvalue weighted by Gasteiger charge is -2.25. The maximum atomic E-state index is 13.2. The van der Waals surface area contributed by atoms with Crippen LogP contribution >= 0.6 is 0 Å². The van der Waals surface area contributed by atoms with Gasteiger partial charge >= 0.3 is 0 Å². The van der Waals surface area contributed by atoms with Crippen molar-refractivity contribution in [2.75, 3.05) is 20.3 Å². The molecule has 0 radical (unpaired) electrons. The Kier molecular flexibility index (Phi) is 7.51. The minimum absolute atomic E-state index is 0.0703. The fraction of sp³-hybridized carbons (Fsp3) is 0.241. The molecular formula is C29H29NO5. The Morgan fingerprint density at radius 2 is 1.69 bits per heavy atom. The van der Waals surface area contributed by atoms with Crippen molar-refractivity contribution in [3.05, 3.63) is 101 Å². The number of ketones is 1. The molecule has 3 aromatic carbocycles. The first-order chi connectivity index (χ1) is 17.0. The number of ether oxygens (including phenoxy) is 2. The third-order valence-corrected chi connectivity index (χ3v) is 6.04. The van der Waals surface area contributed by atoms with Crippen LogP contribution in [0.1, 0.15) is 36.1 Å². The molecule has 180 valence electrons. The third-order valence-electron chi connectivity index (χ3n) is 6.04. The van der Waals surface area contributed by atoms with Gasteiger partial charge < -0.3 is 19.5 Å². The molecule has 6 nitrogen and oxygen atoms in total. The Labute approximate surface area is 205 Å². The molecule has 1 N–H and O–H groups in total. The Morgan fingerprint density at radius 1 is 0.943 bits per heavy atom. The van der Waals surface area contributed by atoms with Crippen LogP contribution in [0.3, 0.4) is 0 Å². The molecule has 1 saturated heterocycles. The molecule has 1 atom stereocenters. The number of carbonyl (C=O) groups is 2. The van der Waals surface area contributed by atoms with Gasteiger partial charge in [0.2, 0.25) is 0 Å². The van der Waals surface area contributed by atoms with E-state index in [2.05, 4.69) is 0 Å². The predicted molar refractivity (Wildman–Crippen MR) is 134 cm³/mol. The zero-order valence-electron chi connectivity index (χ0n) is 19.9. The van der Waals surface area contributed by atoms with Gasteiger partial charge in [-0.05, 0) is 48.2 Å². The van der Waals surface area contributed by atoms with Crippen LogP contribution in [0.25, 0.3) is 5.76 Å². The van der Waals surface area contributed by atoms with Gasteiger partial charge in [-0.3, -0.25) is 9.59 Å². The molecule has 1 amide bonds. The maximum absolute atomic E-state index is 13.2. The van der Waals surface area contributed by atoms with E-state index >= 15 is 0 Å². The summed E-state index contributed by atoms with van der Waals surface area (Å²) in [4.78, 5) is 28.0. The van der Waals surface area contributed by atoms with E-state index < -0.39 is 17.7 Å². The summed E-state index contributed by atoms with van der Waals surface area (Å²) in [6.45, 7) is 2.89. The topological polar surface area (TPSA) is 76.1 Å². The van der Waals surface area contributed by atoms with Crippen LogP contribution in [0.5, 0.6) is 11.5 Å². The fourth-order valence-corrected chi connectivity index (χ4v) is 4.25. The molecule has 0 bridgehead atoms. The van der Waals surface area contributed by atoms with Gasteiger partial charge in [-0.25, -0.2) is 0 Å². The first-order valence-corrected chi connectivity index (χ1v) is 11.7. The highest BCUT2D eigenvalue weighted by Gasteiger charge is 2.45. The van der Waals surface area contributed by atoms with Crippen LogP contribution in [-0.4, -0.2) is 42.0 Å². The van der Waals surface area contributed by atoms with Crippen LogP contribution in [0.2, 0.25) is 0 Å². The van der Waals surface area contributed by atoms with Crippen molar-refractivity contribution in [3.8, 4) is 11.5 Å². The van der Waals surface area contributed by atoms with Crippen molar-refractivity contribution >= 4 is 17.4 Å². The molecule has 0 aliphatic carbocycles. The van der Waals surface area contributed by atoms with Gasteiger partial charge in [0.1, 0.15) is 17.3 Å². The second-order valence-electron chi connectivity index (χ2n) is 8.38. The monoisotopic (exact) mass is 471 g/mol. The Hall–Kier alpha value is -4.06. The number of Topliss-reactive ketones (excluding diaryl/α,β-unsaturated/α-hetero) is 1. The number of aliphatic hydroxyl groups excluding tert-OH is 1. The number of hydrogen-bond donors (Lipinski definition) is 1. The van der Waals surface area contributed by atoms with Gasteiger partial charge in [-0.2, -0.15) is 0 Å². The number of amides is 1. The van der Waals surface area contributed by atoms with E-state index in [0.717, 1.165) is 17.5 Å². The summed E-state index contributed by atoms with van der Waals surface area (Å²) in [5, 5.41) is 11.3. The standard InChI is InChI=1S/C29H29NO5/c1-3-18-35-24-11-7-10-22(19-24)27(31)25-26(21-12-14-23(34-2)15-13-21)30(29(33)28(25)32)17-16-20-8-5-4-6-9-20/h4-15,19,26,31H,3,16-18H2,1-2H3/b27-25+. The van der Waals surface area contributed by atoms with E-state index in [0.29, 0.717) is 36.6 Å². The molecule has 4 rings (SSSR count). The van der Waals surface area contributed by atoms with Crippen molar-refractivity contribution in [3.63, 3.8) is 0 Å². The number of carbonyl (C=O) groups excluding carboxylic acids is 2. The molecule has 35 heavy (non-hydrogen) atoms. The number of aliphatic hydroxyl groups is 1. The summed E-state index contributed by atoms with van der Waals surface area (Å²) in [7, 11) is 1.58. The summed E-state index contributed by atoms with van der Waals surface area (Å²) in [5.74, 6) is -0.280. The van der Waals surface area contributed by atoms with E-state index in [1.165, 1.54) is 0 Å². The van der Waals surface area contributed by atoms with Gasteiger partial charge in [-0.15, -0.1) is 0 Å². The van der Waals surface area contributed by atoms with Gasteiger partial charge in [-0.1, -0.05) is 61.5 Å². The molecule has 3 aromatic rings. The zero-order chi connectivity index (χ0) is 24.8. The molecule has 1 fully saturated rings. The second-order valence-corrected chi connectivity index (χ2v) is 8.38. The van der Waals surface area contributed by atoms with E-state index in [1.807, 2.05) is 49.4 Å². The quantitative estimate of drug-likeness (QED) is 0.265. The first kappa shape index (κ1) is 24.1. The number of hydrogen-bond acceptors (Lipinski definition) is 5. The Morgan fingerprint density at radius 3 is 2.37 bits per heavy atom. The van der Waals surface area contributed by atoms with Crippen LogP contribution in [0, 0.1) is 0 Å².